The van der Waals surface area contributed by atoms with Crippen LogP contribution in [0.3, 0.4) is 0 Å². The molecular formula is C31H46F3N3O6Si2. The molecule has 1 fully saturated rings. The molecule has 0 unspecified atom stereocenters. The van der Waals surface area contributed by atoms with Crippen molar-refractivity contribution in [2.24, 2.45) is 0 Å². The van der Waals surface area contributed by atoms with Gasteiger partial charge in [0.05, 0.1) is 42.1 Å². The molecule has 0 spiro atoms. The summed E-state index contributed by atoms with van der Waals surface area (Å²) in [7, 11) is -2.71. The van der Waals surface area contributed by atoms with E-state index in [9.17, 15) is 18.0 Å². The van der Waals surface area contributed by atoms with Crippen molar-refractivity contribution in [1.82, 2.24) is 14.3 Å². The standard InChI is InChI=1S/C31H46F3N3O6Si2/c1-44(2,3)15-13-40-20-36-25-18-35-37(21-41-14-16-45(4,5)6)30(38)28(25)24(19-39-12-11-32)29(36)22-7-10-26(43-31(33)34)27(17-22)42-23-8-9-23/h7,10,17-18,23,31H,8-9,11-16,19-21H2,1-6H3. The van der Waals surface area contributed by atoms with E-state index in [1.807, 2.05) is 4.57 Å². The molecule has 0 N–H and O–H groups in total. The van der Waals surface area contributed by atoms with Crippen LogP contribution < -0.4 is 15.0 Å². The maximum Gasteiger partial charge on any atom is 0.387 e. The minimum Gasteiger partial charge on any atom is -0.487 e. The van der Waals surface area contributed by atoms with Crippen LogP contribution >= 0.6 is 0 Å². The van der Waals surface area contributed by atoms with E-state index >= 15 is 0 Å². The summed E-state index contributed by atoms with van der Waals surface area (Å²) < 4.78 is 71.1. The Bertz CT molecular complexity index is 1480. The highest BCUT2D eigenvalue weighted by molar-refractivity contribution is 6.76. The van der Waals surface area contributed by atoms with E-state index in [1.54, 1.807) is 18.3 Å². The zero-order chi connectivity index (χ0) is 32.8. The third-order valence-corrected chi connectivity index (χ3v) is 10.7. The van der Waals surface area contributed by atoms with Crippen molar-refractivity contribution in [3.63, 3.8) is 0 Å². The third kappa shape index (κ3) is 10.2. The second-order valence-electron chi connectivity index (χ2n) is 13.8. The molecule has 0 aliphatic heterocycles. The van der Waals surface area contributed by atoms with E-state index in [-0.39, 0.29) is 49.8 Å². The van der Waals surface area contributed by atoms with Gasteiger partial charge in [0.15, 0.2) is 11.5 Å². The van der Waals surface area contributed by atoms with Crippen molar-refractivity contribution >= 4 is 27.1 Å². The molecule has 2 heterocycles. The molecule has 45 heavy (non-hydrogen) atoms. The molecule has 0 amide bonds. The van der Waals surface area contributed by atoms with Crippen LogP contribution in [-0.2, 0) is 34.3 Å². The van der Waals surface area contributed by atoms with Crippen molar-refractivity contribution < 1.29 is 36.9 Å². The molecule has 9 nitrogen and oxygen atoms in total. The summed E-state index contributed by atoms with van der Waals surface area (Å²) in [5.41, 5.74) is 1.78. The molecule has 0 bridgehead atoms. The molecular weight excluding hydrogens is 624 g/mol. The minimum atomic E-state index is -3.02. The van der Waals surface area contributed by atoms with Gasteiger partial charge in [-0.15, -0.1) is 0 Å². The van der Waals surface area contributed by atoms with Gasteiger partial charge in [0, 0.05) is 40.5 Å². The van der Waals surface area contributed by atoms with Gasteiger partial charge < -0.3 is 28.3 Å². The first-order valence-electron chi connectivity index (χ1n) is 15.4. The Morgan fingerprint density at radius 1 is 0.933 bits per heavy atom. The SMILES string of the molecule is C[Si](C)(C)CCOCn1ncc2c(c(COCCF)c(-c3ccc(OC(F)F)c(OC4CC4)c3)n2COCC[Si](C)(C)C)c1=O. The van der Waals surface area contributed by atoms with Crippen molar-refractivity contribution in [1.29, 1.82) is 0 Å². The Morgan fingerprint density at radius 3 is 2.20 bits per heavy atom. The highest BCUT2D eigenvalue weighted by Gasteiger charge is 2.28. The summed E-state index contributed by atoms with van der Waals surface area (Å²) in [4.78, 5) is 14.0. The zero-order valence-corrected chi connectivity index (χ0v) is 29.2. The van der Waals surface area contributed by atoms with E-state index in [0.717, 1.165) is 24.9 Å². The summed E-state index contributed by atoms with van der Waals surface area (Å²) in [6, 6.07) is 6.58. The average molecular weight is 670 g/mol. The first-order chi connectivity index (χ1) is 21.3. The number of halogens is 3. The van der Waals surface area contributed by atoms with Crippen molar-refractivity contribution in [3.05, 3.63) is 40.3 Å². The van der Waals surface area contributed by atoms with Gasteiger partial charge in [0.2, 0.25) is 0 Å². The fourth-order valence-electron chi connectivity index (χ4n) is 4.67. The highest BCUT2D eigenvalue weighted by Crippen LogP contribution is 2.40. The van der Waals surface area contributed by atoms with Crippen LogP contribution in [0.2, 0.25) is 51.4 Å². The lowest BCUT2D eigenvalue weighted by atomic mass is 10.1. The maximum atomic E-state index is 14.0. The predicted octanol–water partition coefficient (Wildman–Crippen LogP) is 7.12. The summed E-state index contributed by atoms with van der Waals surface area (Å²) in [6.45, 7) is 10.7. The third-order valence-electron chi connectivity index (χ3n) is 7.32. The fraction of sp³-hybridized carbons (Fsp3) is 0.613. The van der Waals surface area contributed by atoms with Crippen molar-refractivity contribution in [2.75, 3.05) is 26.5 Å². The van der Waals surface area contributed by atoms with E-state index in [1.165, 1.54) is 10.7 Å². The number of alkyl halides is 3. The largest absolute Gasteiger partial charge is 0.487 e. The number of rotatable bonds is 19. The van der Waals surface area contributed by atoms with Gasteiger partial charge in [-0.2, -0.15) is 13.9 Å². The summed E-state index contributed by atoms with van der Waals surface area (Å²) in [5.74, 6) is 0.0955. The first-order valence-corrected chi connectivity index (χ1v) is 22.8. The lowest BCUT2D eigenvalue weighted by Crippen LogP contribution is -2.26. The summed E-state index contributed by atoms with van der Waals surface area (Å²) in [5, 5.41) is 4.76. The number of ether oxygens (including phenoxy) is 5. The van der Waals surface area contributed by atoms with E-state index in [4.69, 9.17) is 23.7 Å². The zero-order valence-electron chi connectivity index (χ0n) is 27.2. The van der Waals surface area contributed by atoms with Gasteiger partial charge in [-0.05, 0) is 43.1 Å². The molecule has 14 heteroatoms. The quantitative estimate of drug-likeness (QED) is 0.0993. The highest BCUT2D eigenvalue weighted by atomic mass is 28.3. The summed E-state index contributed by atoms with van der Waals surface area (Å²) >= 11 is 0. The number of benzene rings is 1. The molecule has 250 valence electrons. The van der Waals surface area contributed by atoms with E-state index in [0.29, 0.717) is 40.9 Å². The monoisotopic (exact) mass is 669 g/mol. The van der Waals surface area contributed by atoms with Crippen molar-refractivity contribution in [3.8, 4) is 22.8 Å². The van der Waals surface area contributed by atoms with Gasteiger partial charge in [0.1, 0.15) is 20.1 Å². The molecule has 1 aromatic carbocycles. The number of aromatic nitrogens is 3. The Kier molecular flexibility index (Phi) is 12.0. The summed E-state index contributed by atoms with van der Waals surface area (Å²) in [6.07, 6.45) is 3.15. The second kappa shape index (κ2) is 15.3. The maximum absolute atomic E-state index is 14.0. The average Bonchev–Trinajstić information content (AvgIpc) is 3.70. The normalized spacial score (nSPS) is 14.1. The molecule has 3 aromatic rings. The van der Waals surface area contributed by atoms with Gasteiger partial charge >= 0.3 is 6.61 Å². The lowest BCUT2D eigenvalue weighted by Gasteiger charge is -2.18. The van der Waals surface area contributed by atoms with Crippen LogP contribution in [0, 0.1) is 0 Å². The number of hydrogen-bond donors (Lipinski definition) is 0. The molecule has 2 aromatic heterocycles. The molecule has 1 aliphatic carbocycles. The molecule has 1 saturated carbocycles. The Balaban J connectivity index is 1.83. The molecule has 0 radical (unpaired) electrons. The number of hydrogen-bond acceptors (Lipinski definition) is 7. The van der Waals surface area contributed by atoms with Crippen LogP contribution in [-0.4, -0.2) is 69.7 Å². The fourth-order valence-corrected chi connectivity index (χ4v) is 6.18. The minimum absolute atomic E-state index is 0.0176. The van der Waals surface area contributed by atoms with Gasteiger partial charge in [-0.1, -0.05) is 39.3 Å². The van der Waals surface area contributed by atoms with E-state index < -0.39 is 29.4 Å². The van der Waals surface area contributed by atoms with Crippen LogP contribution in [0.5, 0.6) is 11.5 Å². The Hall–Kier alpha value is -2.66. The van der Waals surface area contributed by atoms with Crippen molar-refractivity contribution in [2.45, 2.75) is 97.0 Å². The lowest BCUT2D eigenvalue weighted by molar-refractivity contribution is -0.0516. The van der Waals surface area contributed by atoms with Crippen LogP contribution in [0.25, 0.3) is 22.2 Å². The topological polar surface area (TPSA) is 86.0 Å². The first kappa shape index (κ1) is 35.2. The smallest absolute Gasteiger partial charge is 0.387 e. The van der Waals surface area contributed by atoms with Crippen LogP contribution in [0.15, 0.2) is 29.2 Å². The molecule has 0 saturated heterocycles. The predicted molar refractivity (Wildman–Crippen MR) is 174 cm³/mol. The number of nitrogens with zero attached hydrogens (tertiary/aromatic N) is 3. The molecule has 4 rings (SSSR count). The molecule has 1 aliphatic rings. The van der Waals surface area contributed by atoms with Crippen LogP contribution in [0.1, 0.15) is 18.4 Å². The van der Waals surface area contributed by atoms with Gasteiger partial charge in [-0.3, -0.25) is 4.79 Å². The van der Waals surface area contributed by atoms with E-state index in [2.05, 4.69) is 44.4 Å². The Morgan fingerprint density at radius 2 is 1.60 bits per heavy atom. The number of fused-ring (bicyclic) bond motifs is 1. The second-order valence-corrected chi connectivity index (χ2v) is 25.0. The van der Waals surface area contributed by atoms with Gasteiger partial charge in [0.25, 0.3) is 5.56 Å². The van der Waals surface area contributed by atoms with Crippen LogP contribution in [0.4, 0.5) is 13.2 Å². The van der Waals surface area contributed by atoms with Gasteiger partial charge in [-0.25, -0.2) is 9.07 Å². The molecule has 0 atom stereocenters. The Labute approximate surface area is 264 Å².